The quantitative estimate of drug-likeness (QED) is 0.389. The summed E-state index contributed by atoms with van der Waals surface area (Å²) in [6.07, 6.45) is 2.75. The molecule has 2 saturated carbocycles. The Balaban J connectivity index is 1.87. The Morgan fingerprint density at radius 2 is 1.77 bits per heavy atom. The molecule has 0 unspecified atom stereocenters. The summed E-state index contributed by atoms with van der Waals surface area (Å²) in [5.41, 5.74) is 0.339. The van der Waals surface area contributed by atoms with Crippen molar-refractivity contribution in [3.63, 3.8) is 0 Å². The van der Waals surface area contributed by atoms with E-state index < -0.39 is 35.1 Å². The first-order chi connectivity index (χ1) is 13.8. The lowest BCUT2D eigenvalue weighted by atomic mass is 9.49. The zero-order chi connectivity index (χ0) is 22.2. The second-order valence-electron chi connectivity index (χ2n) is 10.4. The van der Waals surface area contributed by atoms with E-state index in [0.29, 0.717) is 6.42 Å². The van der Waals surface area contributed by atoms with E-state index in [1.165, 1.54) is 13.8 Å². The summed E-state index contributed by atoms with van der Waals surface area (Å²) in [6.45, 7) is 15.3. The zero-order valence-corrected chi connectivity index (χ0v) is 18.7. The highest BCUT2D eigenvalue weighted by Gasteiger charge is 2.75. The number of hydrogen-bond acceptors (Lipinski definition) is 6. The molecule has 3 fully saturated rings. The lowest BCUT2D eigenvalue weighted by Gasteiger charge is -2.55. The molecule has 1 saturated heterocycles. The minimum atomic E-state index is -0.688. The van der Waals surface area contributed by atoms with Crippen molar-refractivity contribution in [1.29, 1.82) is 0 Å². The molecule has 0 aromatic rings. The number of ether oxygens (including phenoxy) is 3. The number of rotatable bonds is 2. The first-order valence-corrected chi connectivity index (χ1v) is 10.8. The minimum absolute atomic E-state index is 0.00297. The van der Waals surface area contributed by atoms with Crippen LogP contribution in [0.4, 0.5) is 0 Å². The van der Waals surface area contributed by atoms with Gasteiger partial charge in [0.1, 0.15) is 17.8 Å². The SMILES string of the molecule is C=C1[C@@H](OC(C)=O)CC[C@@]2(C)C[C@@H]3O[C@@]34C(C)=CC(=O)[C@@H]([C@@H](OC(C)=O)[C@H]12)C4(C)C. The predicted octanol–water partition coefficient (Wildman–Crippen LogP) is 3.54. The van der Waals surface area contributed by atoms with Gasteiger partial charge in [0.2, 0.25) is 0 Å². The van der Waals surface area contributed by atoms with Crippen LogP contribution >= 0.6 is 0 Å². The van der Waals surface area contributed by atoms with E-state index in [1.807, 2.05) is 20.8 Å². The van der Waals surface area contributed by atoms with Crippen LogP contribution in [-0.2, 0) is 28.6 Å². The molecule has 4 aliphatic rings. The lowest BCUT2D eigenvalue weighted by Crippen LogP contribution is -2.61. The van der Waals surface area contributed by atoms with Crippen molar-refractivity contribution in [2.75, 3.05) is 0 Å². The number of carbonyl (C=O) groups excluding carboxylic acids is 3. The molecule has 0 aromatic heterocycles. The summed E-state index contributed by atoms with van der Waals surface area (Å²) in [5.74, 6) is -1.70. The number of esters is 2. The second-order valence-corrected chi connectivity index (χ2v) is 10.4. The molecule has 30 heavy (non-hydrogen) atoms. The van der Waals surface area contributed by atoms with E-state index in [9.17, 15) is 14.4 Å². The minimum Gasteiger partial charge on any atom is -0.461 e. The molecule has 1 spiro atoms. The highest BCUT2D eigenvalue weighted by Crippen LogP contribution is 2.68. The van der Waals surface area contributed by atoms with Gasteiger partial charge in [0.15, 0.2) is 5.78 Å². The maximum Gasteiger partial charge on any atom is 0.303 e. The first-order valence-electron chi connectivity index (χ1n) is 10.8. The summed E-state index contributed by atoms with van der Waals surface area (Å²) in [7, 11) is 0. The van der Waals surface area contributed by atoms with E-state index in [1.54, 1.807) is 6.08 Å². The van der Waals surface area contributed by atoms with Crippen molar-refractivity contribution >= 4 is 17.7 Å². The largest absolute Gasteiger partial charge is 0.461 e. The fraction of sp³-hybridized carbons (Fsp3) is 0.708. The van der Waals surface area contributed by atoms with E-state index in [4.69, 9.17) is 14.2 Å². The average Bonchev–Trinajstić information content (AvgIpc) is 3.30. The topological polar surface area (TPSA) is 82.2 Å². The van der Waals surface area contributed by atoms with Gasteiger partial charge in [0.05, 0.1) is 12.0 Å². The van der Waals surface area contributed by atoms with Crippen molar-refractivity contribution in [2.24, 2.45) is 22.7 Å². The predicted molar refractivity (Wildman–Crippen MR) is 109 cm³/mol. The molecule has 6 nitrogen and oxygen atoms in total. The van der Waals surface area contributed by atoms with Crippen LogP contribution in [0, 0.1) is 22.7 Å². The molecule has 0 radical (unpaired) electrons. The van der Waals surface area contributed by atoms with Gasteiger partial charge < -0.3 is 14.2 Å². The van der Waals surface area contributed by atoms with Crippen LogP contribution in [0.1, 0.15) is 60.8 Å². The number of hydrogen-bond donors (Lipinski definition) is 0. The van der Waals surface area contributed by atoms with Crippen molar-refractivity contribution < 1.29 is 28.6 Å². The van der Waals surface area contributed by atoms with E-state index in [-0.39, 0.29) is 29.2 Å². The Hall–Kier alpha value is -1.95. The van der Waals surface area contributed by atoms with Gasteiger partial charge in [-0.2, -0.15) is 0 Å². The van der Waals surface area contributed by atoms with Gasteiger partial charge in [-0.25, -0.2) is 0 Å². The summed E-state index contributed by atoms with van der Waals surface area (Å²) >= 11 is 0. The lowest BCUT2D eigenvalue weighted by molar-refractivity contribution is -0.170. The van der Waals surface area contributed by atoms with Gasteiger partial charge in [-0.3, -0.25) is 14.4 Å². The Bertz CT molecular complexity index is 869. The summed E-state index contributed by atoms with van der Waals surface area (Å²) < 4.78 is 17.9. The Kier molecular flexibility index (Phi) is 4.63. The van der Waals surface area contributed by atoms with Crippen molar-refractivity contribution in [2.45, 2.75) is 84.7 Å². The summed E-state index contributed by atoms with van der Waals surface area (Å²) in [5, 5.41) is 0. The molecular formula is C24H32O6. The van der Waals surface area contributed by atoms with Crippen molar-refractivity contribution in [1.82, 2.24) is 0 Å². The van der Waals surface area contributed by atoms with Crippen LogP contribution in [0.15, 0.2) is 23.8 Å². The maximum absolute atomic E-state index is 13.4. The van der Waals surface area contributed by atoms with Crippen LogP contribution in [0.25, 0.3) is 0 Å². The molecule has 4 rings (SSSR count). The molecule has 6 heteroatoms. The molecule has 1 aliphatic heterocycles. The molecule has 7 atom stereocenters. The van der Waals surface area contributed by atoms with Gasteiger partial charge in [-0.1, -0.05) is 27.4 Å². The number of fused-ring (bicyclic) bond motifs is 2. The molecule has 0 amide bonds. The number of carbonyl (C=O) groups is 3. The normalized spacial score (nSPS) is 43.9. The van der Waals surface area contributed by atoms with Gasteiger partial charge in [0, 0.05) is 25.2 Å². The third kappa shape index (κ3) is 2.75. The second kappa shape index (κ2) is 6.52. The fourth-order valence-electron chi connectivity index (χ4n) is 6.93. The van der Waals surface area contributed by atoms with E-state index in [2.05, 4.69) is 13.5 Å². The third-order valence-corrected chi connectivity index (χ3v) is 8.17. The van der Waals surface area contributed by atoms with Crippen molar-refractivity contribution in [3.8, 4) is 0 Å². The van der Waals surface area contributed by atoms with Gasteiger partial charge in [0.25, 0.3) is 0 Å². The Morgan fingerprint density at radius 1 is 1.13 bits per heavy atom. The molecule has 2 bridgehead atoms. The smallest absolute Gasteiger partial charge is 0.303 e. The van der Waals surface area contributed by atoms with Crippen LogP contribution in [-0.4, -0.2) is 41.6 Å². The summed E-state index contributed by atoms with van der Waals surface area (Å²) in [6, 6.07) is 0. The zero-order valence-electron chi connectivity index (χ0n) is 18.7. The molecule has 1 heterocycles. The van der Waals surface area contributed by atoms with E-state index >= 15 is 0 Å². The highest BCUT2D eigenvalue weighted by molar-refractivity contribution is 5.96. The number of ketones is 1. The maximum atomic E-state index is 13.4. The van der Waals surface area contributed by atoms with Gasteiger partial charge in [-0.05, 0) is 48.8 Å². The highest BCUT2D eigenvalue weighted by atomic mass is 16.6. The van der Waals surface area contributed by atoms with E-state index in [0.717, 1.165) is 24.0 Å². The fourth-order valence-corrected chi connectivity index (χ4v) is 6.93. The standard InChI is InChI=1S/C24H32O6/c1-12-10-16(27)20-21(29-15(4)26)19-13(2)17(28-14(3)25)8-9-23(19,7)11-18-24(12,30-18)22(20,5)6/h10,17-21H,2,8-9,11H2,1,3-7H3/t17-,18-,19-,20-,21-,23-,24-/m0/s1. The monoisotopic (exact) mass is 416 g/mol. The average molecular weight is 417 g/mol. The number of epoxide rings is 1. The summed E-state index contributed by atoms with van der Waals surface area (Å²) in [4.78, 5) is 37.2. The molecule has 164 valence electrons. The van der Waals surface area contributed by atoms with Crippen LogP contribution in [0.2, 0.25) is 0 Å². The molecule has 0 N–H and O–H groups in total. The van der Waals surface area contributed by atoms with Gasteiger partial charge in [-0.15, -0.1) is 0 Å². The molecular weight excluding hydrogens is 384 g/mol. The van der Waals surface area contributed by atoms with Crippen molar-refractivity contribution in [3.05, 3.63) is 23.8 Å². The van der Waals surface area contributed by atoms with Crippen LogP contribution < -0.4 is 0 Å². The molecule has 0 aromatic carbocycles. The Labute approximate surface area is 178 Å². The number of allylic oxidation sites excluding steroid dienone is 1. The molecule has 3 aliphatic carbocycles. The van der Waals surface area contributed by atoms with Crippen LogP contribution in [0.5, 0.6) is 0 Å². The first kappa shape index (κ1) is 21.3. The van der Waals surface area contributed by atoms with Gasteiger partial charge >= 0.3 is 11.9 Å². The third-order valence-electron chi connectivity index (χ3n) is 8.17. The Morgan fingerprint density at radius 3 is 2.37 bits per heavy atom. The van der Waals surface area contributed by atoms with Crippen LogP contribution in [0.3, 0.4) is 0 Å².